The molecule has 7 nitrogen and oxygen atoms in total. The van der Waals surface area contributed by atoms with Crippen molar-refractivity contribution in [3.63, 3.8) is 0 Å². The smallest absolute Gasteiger partial charge is 0.311 e. The van der Waals surface area contributed by atoms with Gasteiger partial charge in [0.2, 0.25) is 5.75 Å². The molecule has 0 saturated heterocycles. The Balaban J connectivity index is 2.29. The van der Waals surface area contributed by atoms with Gasteiger partial charge in [0.25, 0.3) is 5.91 Å². The highest BCUT2D eigenvalue weighted by atomic mass is 16.6. The first-order valence-corrected chi connectivity index (χ1v) is 6.01. The molecule has 1 amide bonds. The molecule has 102 valence electrons. The number of nitrogens with zero attached hydrogens (tertiary/aromatic N) is 1. The largest absolute Gasteiger partial charge is 0.487 e. The van der Waals surface area contributed by atoms with Gasteiger partial charge in [-0.25, -0.2) is 0 Å². The SMILES string of the molecule is CCOc1c(C(=O)NC2CC2N)cccc1[N+](=O)[O-]. The van der Waals surface area contributed by atoms with Crippen LogP contribution in [0.15, 0.2) is 18.2 Å². The van der Waals surface area contributed by atoms with Gasteiger partial charge in [0.1, 0.15) is 0 Å². The molecule has 1 saturated carbocycles. The summed E-state index contributed by atoms with van der Waals surface area (Å²) in [4.78, 5) is 22.4. The van der Waals surface area contributed by atoms with Crippen molar-refractivity contribution in [3.8, 4) is 5.75 Å². The van der Waals surface area contributed by atoms with E-state index in [-0.39, 0.29) is 35.7 Å². The topological polar surface area (TPSA) is 107 Å². The van der Waals surface area contributed by atoms with Gasteiger partial charge in [-0.15, -0.1) is 0 Å². The van der Waals surface area contributed by atoms with Crippen LogP contribution in [0, 0.1) is 10.1 Å². The Labute approximate surface area is 109 Å². The summed E-state index contributed by atoms with van der Waals surface area (Å²) in [5.41, 5.74) is 5.56. The number of nitrogens with one attached hydrogen (secondary N) is 1. The summed E-state index contributed by atoms with van der Waals surface area (Å²) in [5, 5.41) is 13.7. The lowest BCUT2D eigenvalue weighted by Gasteiger charge is -2.10. The first-order valence-electron chi connectivity index (χ1n) is 6.01. The minimum Gasteiger partial charge on any atom is -0.487 e. The molecular formula is C12H15N3O4. The minimum atomic E-state index is -0.565. The van der Waals surface area contributed by atoms with Gasteiger partial charge in [-0.1, -0.05) is 6.07 Å². The molecule has 3 N–H and O–H groups in total. The van der Waals surface area contributed by atoms with Crippen LogP contribution in [0.3, 0.4) is 0 Å². The molecule has 0 spiro atoms. The maximum absolute atomic E-state index is 12.0. The monoisotopic (exact) mass is 265 g/mol. The zero-order chi connectivity index (χ0) is 14.0. The third kappa shape index (κ3) is 2.82. The average molecular weight is 265 g/mol. The molecule has 2 unspecified atom stereocenters. The van der Waals surface area contributed by atoms with E-state index in [1.807, 2.05) is 0 Å². The molecule has 1 fully saturated rings. The Kier molecular flexibility index (Phi) is 3.66. The van der Waals surface area contributed by atoms with Gasteiger partial charge in [-0.3, -0.25) is 14.9 Å². The third-order valence-electron chi connectivity index (χ3n) is 2.88. The predicted molar refractivity (Wildman–Crippen MR) is 68.1 cm³/mol. The van der Waals surface area contributed by atoms with Crippen molar-refractivity contribution in [2.45, 2.75) is 25.4 Å². The zero-order valence-corrected chi connectivity index (χ0v) is 10.5. The Morgan fingerprint density at radius 1 is 1.63 bits per heavy atom. The molecule has 0 radical (unpaired) electrons. The van der Waals surface area contributed by atoms with Gasteiger partial charge < -0.3 is 15.8 Å². The summed E-state index contributed by atoms with van der Waals surface area (Å²) in [5.74, 6) is -0.396. The Morgan fingerprint density at radius 3 is 2.84 bits per heavy atom. The molecule has 2 rings (SSSR count). The fourth-order valence-electron chi connectivity index (χ4n) is 1.77. The van der Waals surface area contributed by atoms with Crippen molar-refractivity contribution in [1.82, 2.24) is 5.32 Å². The number of para-hydroxylation sites is 1. The second-order valence-electron chi connectivity index (χ2n) is 4.32. The van der Waals surface area contributed by atoms with Crippen molar-refractivity contribution in [1.29, 1.82) is 0 Å². The van der Waals surface area contributed by atoms with Crippen molar-refractivity contribution in [2.24, 2.45) is 5.73 Å². The molecule has 0 bridgehead atoms. The predicted octanol–water partition coefficient (Wildman–Crippen LogP) is 0.823. The maximum Gasteiger partial charge on any atom is 0.311 e. The van der Waals surface area contributed by atoms with Gasteiger partial charge >= 0.3 is 5.69 Å². The standard InChI is InChI=1S/C12H15N3O4/c1-2-19-11-7(4-3-5-10(11)15(17)18)12(16)14-9-6-8(9)13/h3-5,8-9H,2,6,13H2,1H3,(H,14,16). The number of nitrogens with two attached hydrogens (primary N) is 1. The lowest BCUT2D eigenvalue weighted by Crippen LogP contribution is -2.30. The highest BCUT2D eigenvalue weighted by molar-refractivity contribution is 5.98. The third-order valence-corrected chi connectivity index (χ3v) is 2.88. The van der Waals surface area contributed by atoms with Gasteiger partial charge in [-0.05, 0) is 19.4 Å². The van der Waals surface area contributed by atoms with Crippen molar-refractivity contribution in [2.75, 3.05) is 6.61 Å². The van der Waals surface area contributed by atoms with Gasteiger partial charge in [-0.2, -0.15) is 0 Å². The molecule has 0 aromatic heterocycles. The summed E-state index contributed by atoms with van der Waals surface area (Å²) >= 11 is 0. The number of carbonyl (C=O) groups excluding carboxylic acids is 1. The quantitative estimate of drug-likeness (QED) is 0.605. The van der Waals surface area contributed by atoms with Crippen LogP contribution in [0.4, 0.5) is 5.69 Å². The van der Waals surface area contributed by atoms with Gasteiger partial charge in [0.15, 0.2) is 0 Å². The molecular weight excluding hydrogens is 250 g/mol. The van der Waals surface area contributed by atoms with E-state index in [0.717, 1.165) is 6.42 Å². The molecule has 1 aliphatic carbocycles. The number of carbonyl (C=O) groups is 1. The van der Waals surface area contributed by atoms with E-state index in [2.05, 4.69) is 5.32 Å². The van der Waals surface area contributed by atoms with E-state index in [4.69, 9.17) is 10.5 Å². The maximum atomic E-state index is 12.0. The van der Waals surface area contributed by atoms with E-state index in [1.54, 1.807) is 6.92 Å². The molecule has 2 atom stereocenters. The van der Waals surface area contributed by atoms with Gasteiger partial charge in [0, 0.05) is 18.2 Å². The average Bonchev–Trinajstić information content (AvgIpc) is 3.05. The van der Waals surface area contributed by atoms with Crippen molar-refractivity contribution >= 4 is 11.6 Å². The molecule has 1 aromatic rings. The number of benzene rings is 1. The lowest BCUT2D eigenvalue weighted by molar-refractivity contribution is -0.385. The number of rotatable bonds is 5. The van der Waals surface area contributed by atoms with Crippen LogP contribution in [-0.4, -0.2) is 29.5 Å². The first-order chi connectivity index (χ1) is 9.04. The fourth-order valence-corrected chi connectivity index (χ4v) is 1.77. The lowest BCUT2D eigenvalue weighted by atomic mass is 10.1. The summed E-state index contributed by atoms with van der Waals surface area (Å²) in [6.07, 6.45) is 0.727. The molecule has 1 aliphatic rings. The molecule has 19 heavy (non-hydrogen) atoms. The number of ether oxygens (including phenoxy) is 1. The van der Waals surface area contributed by atoms with Crippen molar-refractivity contribution < 1.29 is 14.5 Å². The summed E-state index contributed by atoms with van der Waals surface area (Å²) in [6, 6.07) is 4.19. The van der Waals surface area contributed by atoms with E-state index in [0.29, 0.717) is 0 Å². The van der Waals surface area contributed by atoms with E-state index in [1.165, 1.54) is 18.2 Å². The van der Waals surface area contributed by atoms with Crippen LogP contribution in [0.25, 0.3) is 0 Å². The van der Waals surface area contributed by atoms with Crippen LogP contribution in [-0.2, 0) is 0 Å². The van der Waals surface area contributed by atoms with Crippen LogP contribution >= 0.6 is 0 Å². The minimum absolute atomic E-state index is 0.00159. The van der Waals surface area contributed by atoms with Crippen LogP contribution in [0.2, 0.25) is 0 Å². The summed E-state index contributed by atoms with van der Waals surface area (Å²) < 4.78 is 5.25. The number of nitro groups is 1. The molecule has 0 heterocycles. The van der Waals surface area contributed by atoms with Crippen molar-refractivity contribution in [3.05, 3.63) is 33.9 Å². The molecule has 1 aromatic carbocycles. The molecule has 7 heteroatoms. The second kappa shape index (κ2) is 5.23. The summed E-state index contributed by atoms with van der Waals surface area (Å²) in [6.45, 7) is 1.95. The van der Waals surface area contributed by atoms with Crippen LogP contribution in [0.5, 0.6) is 5.75 Å². The van der Waals surface area contributed by atoms with E-state index < -0.39 is 10.8 Å². The number of hydrogen-bond donors (Lipinski definition) is 2. The summed E-state index contributed by atoms with van der Waals surface area (Å²) in [7, 11) is 0. The van der Waals surface area contributed by atoms with Crippen LogP contribution in [0.1, 0.15) is 23.7 Å². The zero-order valence-electron chi connectivity index (χ0n) is 10.5. The van der Waals surface area contributed by atoms with E-state index >= 15 is 0 Å². The number of nitro benzene ring substituents is 1. The second-order valence-corrected chi connectivity index (χ2v) is 4.32. The van der Waals surface area contributed by atoms with E-state index in [9.17, 15) is 14.9 Å². The Morgan fingerprint density at radius 2 is 2.32 bits per heavy atom. The highest BCUT2D eigenvalue weighted by Crippen LogP contribution is 2.31. The number of hydrogen-bond acceptors (Lipinski definition) is 5. The normalized spacial score (nSPS) is 20.7. The van der Waals surface area contributed by atoms with Gasteiger partial charge in [0.05, 0.1) is 17.1 Å². The highest BCUT2D eigenvalue weighted by Gasteiger charge is 2.36. The fraction of sp³-hybridized carbons (Fsp3) is 0.417. The Hall–Kier alpha value is -2.15. The Bertz CT molecular complexity index is 518. The molecule has 0 aliphatic heterocycles. The first kappa shape index (κ1) is 13.3. The van der Waals surface area contributed by atoms with Crippen LogP contribution < -0.4 is 15.8 Å². The number of amides is 1.